The lowest BCUT2D eigenvalue weighted by atomic mass is 9.89. The molecular formula is C16H30. The van der Waals surface area contributed by atoms with Crippen molar-refractivity contribution in [1.29, 1.82) is 0 Å². The molecule has 1 saturated carbocycles. The van der Waals surface area contributed by atoms with Crippen LogP contribution in [0.4, 0.5) is 0 Å². The van der Waals surface area contributed by atoms with Crippen molar-refractivity contribution < 1.29 is 0 Å². The van der Waals surface area contributed by atoms with Crippen LogP contribution < -0.4 is 0 Å². The summed E-state index contributed by atoms with van der Waals surface area (Å²) in [5.41, 5.74) is 0. The van der Waals surface area contributed by atoms with Crippen LogP contribution in [0.15, 0.2) is 12.2 Å². The molecule has 0 aromatic heterocycles. The van der Waals surface area contributed by atoms with Crippen LogP contribution in [-0.2, 0) is 0 Å². The van der Waals surface area contributed by atoms with E-state index in [0.29, 0.717) is 0 Å². The molecule has 0 unspecified atom stereocenters. The van der Waals surface area contributed by atoms with Crippen molar-refractivity contribution >= 4 is 0 Å². The molecule has 0 radical (unpaired) electrons. The molecule has 0 nitrogen and oxygen atoms in total. The van der Waals surface area contributed by atoms with Gasteiger partial charge in [-0.1, -0.05) is 70.4 Å². The van der Waals surface area contributed by atoms with Crippen molar-refractivity contribution in [3.63, 3.8) is 0 Å². The minimum Gasteiger partial charge on any atom is -0.0883 e. The van der Waals surface area contributed by atoms with Crippen LogP contribution in [-0.4, -0.2) is 0 Å². The number of unbranched alkanes of at least 4 members (excludes halogenated alkanes) is 6. The normalized spacial score (nSPS) is 18.3. The molecule has 0 N–H and O–H groups in total. The Hall–Kier alpha value is -0.260. The number of hydrogen-bond acceptors (Lipinski definition) is 0. The lowest BCUT2D eigenvalue weighted by Crippen LogP contribution is -2.02. The Balaban J connectivity index is 1.87. The zero-order valence-corrected chi connectivity index (χ0v) is 11.2. The highest BCUT2D eigenvalue weighted by Crippen LogP contribution is 2.24. The van der Waals surface area contributed by atoms with Gasteiger partial charge in [-0.05, 0) is 31.6 Å². The van der Waals surface area contributed by atoms with Gasteiger partial charge in [0.05, 0.1) is 0 Å². The molecule has 16 heavy (non-hydrogen) atoms. The van der Waals surface area contributed by atoms with E-state index in [1.165, 1.54) is 77.0 Å². The second-order valence-corrected chi connectivity index (χ2v) is 5.38. The second kappa shape index (κ2) is 9.93. The molecule has 1 fully saturated rings. The largest absolute Gasteiger partial charge is 0.0883 e. The first kappa shape index (κ1) is 13.8. The highest BCUT2D eigenvalue weighted by molar-refractivity contribution is 4.89. The van der Waals surface area contributed by atoms with Gasteiger partial charge in [0, 0.05) is 0 Å². The molecule has 1 aliphatic carbocycles. The predicted molar refractivity (Wildman–Crippen MR) is 73.7 cm³/mol. The first-order valence-electron chi connectivity index (χ1n) is 7.60. The Bertz CT molecular complexity index is 163. The minimum atomic E-state index is 0.925. The molecule has 0 aromatic carbocycles. The Morgan fingerprint density at radius 3 is 2.31 bits per heavy atom. The Morgan fingerprint density at radius 2 is 1.56 bits per heavy atom. The maximum Gasteiger partial charge on any atom is -0.0234 e. The molecule has 94 valence electrons. The summed E-state index contributed by atoms with van der Waals surface area (Å²) in [5, 5.41) is 0. The highest BCUT2D eigenvalue weighted by atomic mass is 14.1. The van der Waals surface area contributed by atoms with Crippen molar-refractivity contribution in [3.8, 4) is 0 Å². The van der Waals surface area contributed by atoms with Crippen LogP contribution in [0.1, 0.15) is 84.0 Å². The van der Waals surface area contributed by atoms with Gasteiger partial charge < -0.3 is 0 Å². The first-order valence-corrected chi connectivity index (χ1v) is 7.60. The van der Waals surface area contributed by atoms with Gasteiger partial charge in [-0.15, -0.1) is 0 Å². The van der Waals surface area contributed by atoms with Crippen LogP contribution in [0.3, 0.4) is 0 Å². The van der Waals surface area contributed by atoms with Gasteiger partial charge in [-0.2, -0.15) is 0 Å². The topological polar surface area (TPSA) is 0 Å². The van der Waals surface area contributed by atoms with Crippen molar-refractivity contribution in [1.82, 2.24) is 0 Å². The van der Waals surface area contributed by atoms with Gasteiger partial charge in [0.2, 0.25) is 0 Å². The quantitative estimate of drug-likeness (QED) is 0.356. The van der Waals surface area contributed by atoms with Crippen molar-refractivity contribution in [3.05, 3.63) is 12.2 Å². The van der Waals surface area contributed by atoms with Crippen LogP contribution in [0.2, 0.25) is 0 Å². The highest BCUT2D eigenvalue weighted by Gasteiger charge is 2.08. The standard InChI is InChI=1S/C16H30/c1-2-3-4-5-6-7-8-10-13-16-14-11-9-12-15-16/h10,13,16H,2-9,11-12,14-15H2,1H3. The molecule has 0 heteroatoms. The molecule has 0 aromatic rings. The zero-order chi connectivity index (χ0) is 11.5. The van der Waals surface area contributed by atoms with E-state index in [1.54, 1.807) is 0 Å². The summed E-state index contributed by atoms with van der Waals surface area (Å²) in [6.45, 7) is 2.28. The van der Waals surface area contributed by atoms with Gasteiger partial charge in [0.25, 0.3) is 0 Å². The summed E-state index contributed by atoms with van der Waals surface area (Å²) < 4.78 is 0. The number of allylic oxidation sites excluding steroid dienone is 2. The van der Waals surface area contributed by atoms with Crippen molar-refractivity contribution in [2.45, 2.75) is 84.0 Å². The van der Waals surface area contributed by atoms with Crippen LogP contribution >= 0.6 is 0 Å². The maximum absolute atomic E-state index is 2.51. The van der Waals surface area contributed by atoms with Gasteiger partial charge in [0.1, 0.15) is 0 Å². The Kier molecular flexibility index (Phi) is 8.57. The fourth-order valence-corrected chi connectivity index (χ4v) is 2.66. The lowest BCUT2D eigenvalue weighted by Gasteiger charge is -2.17. The van der Waals surface area contributed by atoms with Crippen LogP contribution in [0.5, 0.6) is 0 Å². The fraction of sp³-hybridized carbons (Fsp3) is 0.875. The third-order valence-corrected chi connectivity index (χ3v) is 3.78. The SMILES string of the molecule is CCCCCCCCC=CC1CCCCC1. The van der Waals surface area contributed by atoms with E-state index >= 15 is 0 Å². The molecular weight excluding hydrogens is 192 g/mol. The van der Waals surface area contributed by atoms with E-state index in [-0.39, 0.29) is 0 Å². The molecule has 0 atom stereocenters. The smallest absolute Gasteiger partial charge is 0.0234 e. The third kappa shape index (κ3) is 7.09. The molecule has 0 heterocycles. The van der Waals surface area contributed by atoms with Crippen molar-refractivity contribution in [2.75, 3.05) is 0 Å². The van der Waals surface area contributed by atoms with Gasteiger partial charge in [-0.3, -0.25) is 0 Å². The molecule has 0 spiro atoms. The molecule has 0 aliphatic heterocycles. The van der Waals surface area contributed by atoms with E-state index < -0.39 is 0 Å². The summed E-state index contributed by atoms with van der Waals surface area (Å²) >= 11 is 0. The molecule has 0 amide bonds. The Labute approximate surface area is 103 Å². The van der Waals surface area contributed by atoms with Crippen molar-refractivity contribution in [2.24, 2.45) is 5.92 Å². The fourth-order valence-electron chi connectivity index (χ4n) is 2.66. The van der Waals surface area contributed by atoms with Gasteiger partial charge >= 0.3 is 0 Å². The summed E-state index contributed by atoms with van der Waals surface area (Å²) in [6, 6.07) is 0. The maximum atomic E-state index is 2.51. The molecule has 0 bridgehead atoms. The van der Waals surface area contributed by atoms with Crippen LogP contribution in [0, 0.1) is 5.92 Å². The minimum absolute atomic E-state index is 0.925. The summed E-state index contributed by atoms with van der Waals surface area (Å²) in [4.78, 5) is 0. The van der Waals surface area contributed by atoms with E-state index in [0.717, 1.165) is 5.92 Å². The molecule has 1 aliphatic rings. The predicted octanol–water partition coefficient (Wildman–Crippen LogP) is 5.87. The summed E-state index contributed by atoms with van der Waals surface area (Å²) in [7, 11) is 0. The lowest BCUT2D eigenvalue weighted by molar-refractivity contribution is 0.418. The van der Waals surface area contributed by atoms with Crippen LogP contribution in [0.25, 0.3) is 0 Å². The molecule has 0 saturated heterocycles. The Morgan fingerprint density at radius 1 is 0.875 bits per heavy atom. The number of rotatable bonds is 8. The van der Waals surface area contributed by atoms with E-state index in [4.69, 9.17) is 0 Å². The monoisotopic (exact) mass is 222 g/mol. The third-order valence-electron chi connectivity index (χ3n) is 3.78. The summed E-state index contributed by atoms with van der Waals surface area (Å²) in [5.74, 6) is 0.925. The molecule has 1 rings (SSSR count). The van der Waals surface area contributed by atoms with Gasteiger partial charge in [0.15, 0.2) is 0 Å². The first-order chi connectivity index (χ1) is 7.93. The average molecular weight is 222 g/mol. The number of hydrogen-bond donors (Lipinski definition) is 0. The average Bonchev–Trinajstić information content (AvgIpc) is 2.34. The van der Waals surface area contributed by atoms with E-state index in [2.05, 4.69) is 19.1 Å². The van der Waals surface area contributed by atoms with E-state index in [9.17, 15) is 0 Å². The summed E-state index contributed by atoms with van der Waals surface area (Å²) in [6.07, 6.45) is 22.1. The van der Waals surface area contributed by atoms with E-state index in [1.807, 2.05) is 0 Å². The van der Waals surface area contributed by atoms with Gasteiger partial charge in [-0.25, -0.2) is 0 Å². The second-order valence-electron chi connectivity index (χ2n) is 5.38. The zero-order valence-electron chi connectivity index (χ0n) is 11.2.